The van der Waals surface area contributed by atoms with Gasteiger partial charge in [-0.2, -0.15) is 0 Å². The summed E-state index contributed by atoms with van der Waals surface area (Å²) in [6, 6.07) is 13.1. The normalized spacial score (nSPS) is 25.5. The van der Waals surface area contributed by atoms with Crippen molar-refractivity contribution >= 4 is 41.7 Å². The van der Waals surface area contributed by atoms with E-state index in [1.54, 1.807) is 11.9 Å². The number of carbonyl (C=O) groups excluding carboxylic acids is 2. The average molecular weight is 612 g/mol. The molecule has 3 atom stereocenters. The number of nitrogens with zero attached hydrogens (tertiary/aromatic N) is 4. The monoisotopic (exact) mass is 611 g/mol. The maximum absolute atomic E-state index is 13.0. The maximum Gasteiger partial charge on any atom is 0.327 e. The number of halogens is 1. The van der Waals surface area contributed by atoms with Gasteiger partial charge < -0.3 is 24.3 Å². The number of hydrogen-bond donors (Lipinski definition) is 1. The van der Waals surface area contributed by atoms with Gasteiger partial charge in [-0.15, -0.1) is 0 Å². The fourth-order valence-corrected chi connectivity index (χ4v) is 8.24. The first-order chi connectivity index (χ1) is 20.3. The molecule has 0 radical (unpaired) electrons. The molecular formula is C32H42ClN5O3S. The van der Waals surface area contributed by atoms with Crippen LogP contribution in [-0.4, -0.2) is 93.2 Å². The molecule has 8 nitrogen and oxygen atoms in total. The van der Waals surface area contributed by atoms with Crippen molar-refractivity contribution in [1.82, 2.24) is 19.4 Å². The molecule has 3 aliphatic heterocycles. The van der Waals surface area contributed by atoms with Gasteiger partial charge >= 0.3 is 6.03 Å². The molecule has 3 unspecified atom stereocenters. The summed E-state index contributed by atoms with van der Waals surface area (Å²) >= 11 is 7.78. The Balaban J connectivity index is 1.21. The summed E-state index contributed by atoms with van der Waals surface area (Å²) in [6.45, 7) is 5.67. The summed E-state index contributed by atoms with van der Waals surface area (Å²) in [7, 11) is 4.02. The Labute approximate surface area is 258 Å². The van der Waals surface area contributed by atoms with Gasteiger partial charge in [-0.05, 0) is 111 Å². The summed E-state index contributed by atoms with van der Waals surface area (Å²) in [6.07, 6.45) is 7.46. The van der Waals surface area contributed by atoms with Crippen molar-refractivity contribution in [3.63, 3.8) is 0 Å². The largest absolute Gasteiger partial charge is 0.490 e. The van der Waals surface area contributed by atoms with Gasteiger partial charge in [-0.25, -0.2) is 4.79 Å². The number of benzene rings is 2. The molecule has 6 rings (SSSR count). The van der Waals surface area contributed by atoms with Gasteiger partial charge in [0.15, 0.2) is 0 Å². The molecule has 0 aromatic heterocycles. The standard InChI is InChI=1S/C32H42ClN5O3S/c1-35(22-39)17-23-11-14-37(18-23)31(40)34-42-27-8-10-30-29(16-27)38(19-26-6-4-13-36(26)2)20-32(21-41-30)12-3-5-24-15-25(33)7-9-28(24)32/h7-10,15-16,22-23,26H,3-6,11-14,17-21H2,1-2H3,(H,34,40). The van der Waals surface area contributed by atoms with Crippen molar-refractivity contribution in [2.75, 3.05) is 64.9 Å². The predicted octanol–water partition coefficient (Wildman–Crippen LogP) is 5.03. The average Bonchev–Trinajstić information content (AvgIpc) is 3.59. The Bertz CT molecular complexity index is 1310. The summed E-state index contributed by atoms with van der Waals surface area (Å²) in [5.41, 5.74) is 3.73. The van der Waals surface area contributed by atoms with Crippen LogP contribution in [0.3, 0.4) is 0 Å². The SMILES string of the molecule is CN(C=O)CC1CCN(C(=O)NSc2ccc3c(c2)N(CC2CCCN2C)CC2(CCCc4cc(Cl)ccc42)CO3)C1. The number of rotatable bonds is 7. The Morgan fingerprint density at radius 2 is 2.10 bits per heavy atom. The second kappa shape index (κ2) is 12.5. The number of hydrogen-bond acceptors (Lipinski definition) is 6. The van der Waals surface area contributed by atoms with Crippen molar-refractivity contribution in [3.05, 3.63) is 52.5 Å². The van der Waals surface area contributed by atoms with Crippen LogP contribution in [0, 0.1) is 5.92 Å². The van der Waals surface area contributed by atoms with Gasteiger partial charge in [0.05, 0.1) is 12.3 Å². The second-order valence-corrected chi connectivity index (χ2v) is 14.0. The number of urea groups is 1. The van der Waals surface area contributed by atoms with Crippen LogP contribution in [0.25, 0.3) is 0 Å². The van der Waals surface area contributed by atoms with E-state index in [2.05, 4.69) is 45.8 Å². The molecule has 2 aromatic rings. The zero-order valence-corrected chi connectivity index (χ0v) is 26.3. The van der Waals surface area contributed by atoms with Crippen molar-refractivity contribution in [3.8, 4) is 5.75 Å². The fourth-order valence-electron chi connectivity index (χ4n) is 7.41. The molecule has 3 heterocycles. The lowest BCUT2D eigenvalue weighted by molar-refractivity contribution is -0.117. The van der Waals surface area contributed by atoms with Crippen LogP contribution in [-0.2, 0) is 16.6 Å². The number of aryl methyl sites for hydroxylation is 1. The summed E-state index contributed by atoms with van der Waals surface area (Å²) in [5.74, 6) is 1.22. The van der Waals surface area contributed by atoms with Crippen molar-refractivity contribution in [2.24, 2.45) is 5.92 Å². The van der Waals surface area contributed by atoms with Crippen LogP contribution in [0.1, 0.15) is 43.2 Å². The molecule has 2 aromatic carbocycles. The summed E-state index contributed by atoms with van der Waals surface area (Å²) in [4.78, 5) is 33.5. The first kappa shape index (κ1) is 29.5. The molecule has 2 fully saturated rings. The molecule has 10 heteroatoms. The van der Waals surface area contributed by atoms with E-state index in [4.69, 9.17) is 16.3 Å². The van der Waals surface area contributed by atoms with Crippen molar-refractivity contribution in [2.45, 2.75) is 54.9 Å². The third-order valence-corrected chi connectivity index (χ3v) is 10.7. The van der Waals surface area contributed by atoms with Gasteiger partial charge in [-0.3, -0.25) is 9.52 Å². The fraction of sp³-hybridized carbons (Fsp3) is 0.562. The zero-order chi connectivity index (χ0) is 29.3. The first-order valence-electron chi connectivity index (χ1n) is 15.2. The van der Waals surface area contributed by atoms with E-state index in [0.29, 0.717) is 38.2 Å². The lowest BCUT2D eigenvalue weighted by Crippen LogP contribution is -2.48. The smallest absolute Gasteiger partial charge is 0.327 e. The number of nitrogens with one attached hydrogen (secondary N) is 1. The van der Waals surface area contributed by atoms with Crippen LogP contribution in [0.5, 0.6) is 5.75 Å². The number of amides is 3. The summed E-state index contributed by atoms with van der Waals surface area (Å²) in [5, 5.41) is 0.800. The quantitative estimate of drug-likeness (QED) is 0.350. The lowest BCUT2D eigenvalue weighted by Gasteiger charge is -2.41. The highest BCUT2D eigenvalue weighted by atomic mass is 35.5. The molecular weight excluding hydrogens is 570 g/mol. The van der Waals surface area contributed by atoms with Gasteiger partial charge in [-0.1, -0.05) is 17.7 Å². The molecule has 1 spiro atoms. The zero-order valence-electron chi connectivity index (χ0n) is 24.7. The van der Waals surface area contributed by atoms with E-state index in [-0.39, 0.29) is 11.4 Å². The minimum Gasteiger partial charge on any atom is -0.490 e. The Morgan fingerprint density at radius 1 is 1.21 bits per heavy atom. The van der Waals surface area contributed by atoms with E-state index in [1.807, 2.05) is 17.0 Å². The molecule has 0 saturated carbocycles. The van der Waals surface area contributed by atoms with Crippen molar-refractivity contribution in [1.29, 1.82) is 0 Å². The molecule has 42 heavy (non-hydrogen) atoms. The minimum absolute atomic E-state index is 0.0803. The number of fused-ring (bicyclic) bond motifs is 3. The number of likely N-dealkylation sites (tertiary alicyclic amines) is 2. The highest BCUT2D eigenvalue weighted by Crippen LogP contribution is 2.45. The number of ether oxygens (including phenoxy) is 1. The number of likely N-dealkylation sites (N-methyl/N-ethyl adjacent to an activating group) is 1. The Morgan fingerprint density at radius 3 is 2.90 bits per heavy atom. The molecule has 3 amide bonds. The Hall–Kier alpha value is -2.62. The lowest BCUT2D eigenvalue weighted by atomic mass is 9.70. The second-order valence-electron chi connectivity index (χ2n) is 12.7. The molecule has 0 bridgehead atoms. The molecule has 1 N–H and O–H groups in total. The Kier molecular flexibility index (Phi) is 8.80. The van der Waals surface area contributed by atoms with Crippen LogP contribution >= 0.6 is 23.5 Å². The van der Waals surface area contributed by atoms with Crippen LogP contribution in [0.4, 0.5) is 10.5 Å². The molecule has 4 aliphatic rings. The van der Waals surface area contributed by atoms with E-state index in [9.17, 15) is 9.59 Å². The minimum atomic E-state index is -0.0971. The third kappa shape index (κ3) is 6.19. The van der Waals surface area contributed by atoms with Crippen LogP contribution in [0.2, 0.25) is 5.02 Å². The molecule has 226 valence electrons. The van der Waals surface area contributed by atoms with E-state index >= 15 is 0 Å². The van der Waals surface area contributed by atoms with E-state index < -0.39 is 0 Å². The van der Waals surface area contributed by atoms with Gasteiger partial charge in [0, 0.05) is 61.1 Å². The van der Waals surface area contributed by atoms with Gasteiger partial charge in [0.1, 0.15) is 5.75 Å². The number of anilines is 1. The van der Waals surface area contributed by atoms with Crippen molar-refractivity contribution < 1.29 is 14.3 Å². The number of carbonyl (C=O) groups is 2. The molecule has 1 aliphatic carbocycles. The molecule has 2 saturated heterocycles. The van der Waals surface area contributed by atoms with Gasteiger partial charge in [0.25, 0.3) is 0 Å². The topological polar surface area (TPSA) is 68.4 Å². The van der Waals surface area contributed by atoms with E-state index in [1.165, 1.54) is 35.9 Å². The highest BCUT2D eigenvalue weighted by Gasteiger charge is 2.42. The first-order valence-corrected chi connectivity index (χ1v) is 16.4. The van der Waals surface area contributed by atoms with E-state index in [0.717, 1.165) is 73.1 Å². The van der Waals surface area contributed by atoms with Crippen LogP contribution in [0.15, 0.2) is 41.3 Å². The summed E-state index contributed by atoms with van der Waals surface area (Å²) < 4.78 is 9.70. The predicted molar refractivity (Wildman–Crippen MR) is 169 cm³/mol. The van der Waals surface area contributed by atoms with Crippen LogP contribution < -0.4 is 14.4 Å². The van der Waals surface area contributed by atoms with Gasteiger partial charge in [0.2, 0.25) is 6.41 Å². The third-order valence-electron chi connectivity index (χ3n) is 9.67. The highest BCUT2D eigenvalue weighted by molar-refractivity contribution is 7.98. The maximum atomic E-state index is 13.0.